The van der Waals surface area contributed by atoms with Gasteiger partial charge in [0.2, 0.25) is 11.8 Å². The maximum atomic E-state index is 11.5. The zero-order valence-electron chi connectivity index (χ0n) is 10.2. The minimum absolute atomic E-state index is 0.0365. The molecular formula is C12H19N3O2. The van der Waals surface area contributed by atoms with Crippen LogP contribution in [0.3, 0.4) is 0 Å². The van der Waals surface area contributed by atoms with Gasteiger partial charge >= 0.3 is 0 Å². The standard InChI is InChI=1S/C12H19N3O2/c1-2-10-7-15-12(17-10)8-14-11(16)5-6-13-9-3-4-9/h7,9,13H,2-6,8H2,1H3,(H,14,16). The van der Waals surface area contributed by atoms with Gasteiger partial charge in [0.1, 0.15) is 5.76 Å². The summed E-state index contributed by atoms with van der Waals surface area (Å²) in [6.45, 7) is 3.14. The van der Waals surface area contributed by atoms with Crippen LogP contribution in [0.1, 0.15) is 37.8 Å². The first-order valence-corrected chi connectivity index (χ1v) is 6.21. The van der Waals surface area contributed by atoms with E-state index in [0.717, 1.165) is 18.7 Å². The topological polar surface area (TPSA) is 67.2 Å². The lowest BCUT2D eigenvalue weighted by atomic mass is 10.4. The molecule has 0 spiro atoms. The van der Waals surface area contributed by atoms with E-state index in [-0.39, 0.29) is 5.91 Å². The lowest BCUT2D eigenvalue weighted by Crippen LogP contribution is -2.28. The highest BCUT2D eigenvalue weighted by Crippen LogP contribution is 2.18. The highest BCUT2D eigenvalue weighted by atomic mass is 16.4. The maximum absolute atomic E-state index is 11.5. The third kappa shape index (κ3) is 4.19. The molecule has 0 unspecified atom stereocenters. The van der Waals surface area contributed by atoms with Crippen LogP contribution in [0.4, 0.5) is 0 Å². The predicted octanol–water partition coefficient (Wildman–Crippen LogP) is 0.995. The normalized spacial score (nSPS) is 14.9. The van der Waals surface area contributed by atoms with Crippen LogP contribution in [-0.2, 0) is 17.8 Å². The van der Waals surface area contributed by atoms with Gasteiger partial charge in [0.25, 0.3) is 0 Å². The molecule has 94 valence electrons. The van der Waals surface area contributed by atoms with Crippen molar-refractivity contribution in [1.29, 1.82) is 0 Å². The van der Waals surface area contributed by atoms with Gasteiger partial charge in [-0.25, -0.2) is 4.98 Å². The summed E-state index contributed by atoms with van der Waals surface area (Å²) in [5.41, 5.74) is 0. The number of carbonyl (C=O) groups excluding carboxylic acids is 1. The van der Waals surface area contributed by atoms with Gasteiger partial charge in [0, 0.05) is 25.4 Å². The molecule has 17 heavy (non-hydrogen) atoms. The van der Waals surface area contributed by atoms with Gasteiger partial charge in [-0.3, -0.25) is 4.79 Å². The molecule has 0 saturated heterocycles. The number of nitrogens with one attached hydrogen (secondary N) is 2. The summed E-state index contributed by atoms with van der Waals surface area (Å²) in [4.78, 5) is 15.6. The Kier molecular flexibility index (Phi) is 4.14. The molecule has 1 fully saturated rings. The average molecular weight is 237 g/mol. The Balaban J connectivity index is 1.60. The summed E-state index contributed by atoms with van der Waals surface area (Å²) in [6.07, 6.45) is 5.54. The molecule has 2 N–H and O–H groups in total. The van der Waals surface area contributed by atoms with Crippen LogP contribution in [0.15, 0.2) is 10.6 Å². The minimum Gasteiger partial charge on any atom is -0.444 e. The molecule has 5 nitrogen and oxygen atoms in total. The molecule has 5 heteroatoms. The fourth-order valence-corrected chi connectivity index (χ4v) is 1.53. The zero-order valence-corrected chi connectivity index (χ0v) is 10.2. The number of nitrogens with zero attached hydrogens (tertiary/aromatic N) is 1. The number of carbonyl (C=O) groups is 1. The average Bonchev–Trinajstić information content (AvgIpc) is 3.04. The number of hydrogen-bond donors (Lipinski definition) is 2. The van der Waals surface area contributed by atoms with E-state index >= 15 is 0 Å². The predicted molar refractivity (Wildman–Crippen MR) is 63.4 cm³/mol. The molecule has 0 atom stereocenters. The number of oxazole rings is 1. The van der Waals surface area contributed by atoms with Gasteiger partial charge in [-0.15, -0.1) is 0 Å². The number of aryl methyl sites for hydroxylation is 1. The Morgan fingerprint density at radius 1 is 1.59 bits per heavy atom. The summed E-state index contributed by atoms with van der Waals surface area (Å²) < 4.78 is 5.39. The summed E-state index contributed by atoms with van der Waals surface area (Å²) in [7, 11) is 0. The first-order chi connectivity index (χ1) is 8.28. The molecule has 1 aromatic heterocycles. The molecule has 1 aliphatic rings. The molecule has 0 radical (unpaired) electrons. The second-order valence-corrected chi connectivity index (χ2v) is 4.33. The van der Waals surface area contributed by atoms with E-state index < -0.39 is 0 Å². The van der Waals surface area contributed by atoms with Gasteiger partial charge in [-0.05, 0) is 12.8 Å². The molecule has 0 aliphatic heterocycles. The Morgan fingerprint density at radius 2 is 2.41 bits per heavy atom. The van der Waals surface area contributed by atoms with Crippen molar-refractivity contribution in [2.45, 2.75) is 45.2 Å². The zero-order chi connectivity index (χ0) is 12.1. The molecular weight excluding hydrogens is 218 g/mol. The molecule has 0 aromatic carbocycles. The van der Waals surface area contributed by atoms with Crippen molar-refractivity contribution >= 4 is 5.91 Å². The fourth-order valence-electron chi connectivity index (χ4n) is 1.53. The molecule has 1 amide bonds. The van der Waals surface area contributed by atoms with Crippen molar-refractivity contribution in [3.05, 3.63) is 17.8 Å². The fraction of sp³-hybridized carbons (Fsp3) is 0.667. The van der Waals surface area contributed by atoms with Crippen molar-refractivity contribution < 1.29 is 9.21 Å². The lowest BCUT2D eigenvalue weighted by Gasteiger charge is -2.03. The van der Waals surface area contributed by atoms with Crippen LogP contribution < -0.4 is 10.6 Å². The van der Waals surface area contributed by atoms with E-state index in [4.69, 9.17) is 4.42 Å². The Bertz CT molecular complexity index is 372. The third-order valence-corrected chi connectivity index (χ3v) is 2.75. The second-order valence-electron chi connectivity index (χ2n) is 4.33. The minimum atomic E-state index is 0.0365. The van der Waals surface area contributed by atoms with Gasteiger partial charge in [-0.1, -0.05) is 6.92 Å². The SMILES string of the molecule is CCc1cnc(CNC(=O)CCNC2CC2)o1. The van der Waals surface area contributed by atoms with E-state index in [1.54, 1.807) is 6.20 Å². The monoisotopic (exact) mass is 237 g/mol. The summed E-state index contributed by atoms with van der Waals surface area (Å²) in [5.74, 6) is 1.46. The van der Waals surface area contributed by atoms with Gasteiger partial charge < -0.3 is 15.1 Å². The summed E-state index contributed by atoms with van der Waals surface area (Å²) in [6, 6.07) is 0.654. The first-order valence-electron chi connectivity index (χ1n) is 6.21. The van der Waals surface area contributed by atoms with Gasteiger partial charge in [-0.2, -0.15) is 0 Å². The van der Waals surface area contributed by atoms with Gasteiger partial charge in [0.05, 0.1) is 12.7 Å². The molecule has 2 rings (SSSR count). The van der Waals surface area contributed by atoms with E-state index in [2.05, 4.69) is 15.6 Å². The number of amides is 1. The Hall–Kier alpha value is -1.36. The van der Waals surface area contributed by atoms with Crippen LogP contribution in [0, 0.1) is 0 Å². The first kappa shape index (κ1) is 12.1. The molecule has 1 saturated carbocycles. The summed E-state index contributed by atoms with van der Waals surface area (Å²) >= 11 is 0. The number of hydrogen-bond acceptors (Lipinski definition) is 4. The van der Waals surface area contributed by atoms with Crippen LogP contribution >= 0.6 is 0 Å². The van der Waals surface area contributed by atoms with Crippen molar-refractivity contribution in [1.82, 2.24) is 15.6 Å². The van der Waals surface area contributed by atoms with E-state index in [0.29, 0.717) is 24.9 Å². The number of aromatic nitrogens is 1. The molecule has 1 aliphatic carbocycles. The van der Waals surface area contributed by atoms with E-state index in [1.165, 1.54) is 12.8 Å². The smallest absolute Gasteiger partial charge is 0.221 e. The van der Waals surface area contributed by atoms with Crippen LogP contribution in [0.5, 0.6) is 0 Å². The largest absolute Gasteiger partial charge is 0.444 e. The van der Waals surface area contributed by atoms with Crippen molar-refractivity contribution in [2.24, 2.45) is 0 Å². The molecule has 0 bridgehead atoms. The highest BCUT2D eigenvalue weighted by molar-refractivity contribution is 5.75. The Labute approximate surface area is 101 Å². The highest BCUT2D eigenvalue weighted by Gasteiger charge is 2.20. The van der Waals surface area contributed by atoms with Crippen LogP contribution in [0.2, 0.25) is 0 Å². The van der Waals surface area contributed by atoms with E-state index in [9.17, 15) is 4.79 Å². The molecule has 1 heterocycles. The van der Waals surface area contributed by atoms with E-state index in [1.807, 2.05) is 6.92 Å². The third-order valence-electron chi connectivity index (χ3n) is 2.75. The Morgan fingerprint density at radius 3 is 3.06 bits per heavy atom. The van der Waals surface area contributed by atoms with Crippen molar-refractivity contribution in [3.8, 4) is 0 Å². The van der Waals surface area contributed by atoms with Crippen molar-refractivity contribution in [3.63, 3.8) is 0 Å². The van der Waals surface area contributed by atoms with Crippen LogP contribution in [0.25, 0.3) is 0 Å². The van der Waals surface area contributed by atoms with Crippen molar-refractivity contribution in [2.75, 3.05) is 6.54 Å². The summed E-state index contributed by atoms with van der Waals surface area (Å²) in [5, 5.41) is 6.09. The maximum Gasteiger partial charge on any atom is 0.221 e. The quantitative estimate of drug-likeness (QED) is 0.742. The van der Waals surface area contributed by atoms with Gasteiger partial charge in [0.15, 0.2) is 0 Å². The molecule has 1 aromatic rings. The number of rotatable bonds is 7. The van der Waals surface area contributed by atoms with Crippen LogP contribution in [-0.4, -0.2) is 23.5 Å². The lowest BCUT2D eigenvalue weighted by molar-refractivity contribution is -0.121. The second kappa shape index (κ2) is 5.82.